The Hall–Kier alpha value is -1.55. The van der Waals surface area contributed by atoms with Gasteiger partial charge in [0, 0.05) is 12.5 Å². The van der Waals surface area contributed by atoms with Gasteiger partial charge < -0.3 is 9.47 Å². The number of benzene rings is 1. The molecule has 0 amide bonds. The lowest BCUT2D eigenvalue weighted by atomic mass is 9.97. The molecule has 0 aliphatic rings. The van der Waals surface area contributed by atoms with Crippen LogP contribution in [0.25, 0.3) is 0 Å². The molecule has 0 aromatic heterocycles. The maximum absolute atomic E-state index is 12.0. The van der Waals surface area contributed by atoms with E-state index >= 15 is 0 Å². The smallest absolute Gasteiger partial charge is 0.325 e. The quantitative estimate of drug-likeness (QED) is 0.785. The highest BCUT2D eigenvalue weighted by Crippen LogP contribution is 2.20. The minimum atomic E-state index is -0.735. The SMILES string of the molecule is COC(=O)C(C)(CCOc1ccc(C)cc1C)NC(C)C. The summed E-state index contributed by atoms with van der Waals surface area (Å²) in [5.74, 6) is 0.595. The Bertz CT molecular complexity index is 485. The number of hydrogen-bond donors (Lipinski definition) is 1. The van der Waals surface area contributed by atoms with Gasteiger partial charge in [-0.1, -0.05) is 17.7 Å². The third-order valence-corrected chi connectivity index (χ3v) is 3.43. The fourth-order valence-electron chi connectivity index (χ4n) is 2.42. The number of methoxy groups -OCH3 is 1. The van der Waals surface area contributed by atoms with Crippen LogP contribution >= 0.6 is 0 Å². The van der Waals surface area contributed by atoms with Crippen LogP contribution in [-0.2, 0) is 9.53 Å². The first-order valence-electron chi connectivity index (χ1n) is 7.34. The number of nitrogens with one attached hydrogen (secondary N) is 1. The molecule has 0 saturated heterocycles. The summed E-state index contributed by atoms with van der Waals surface area (Å²) in [6.07, 6.45) is 0.547. The van der Waals surface area contributed by atoms with E-state index in [9.17, 15) is 4.79 Å². The van der Waals surface area contributed by atoms with Crippen LogP contribution in [-0.4, -0.2) is 31.3 Å². The molecule has 0 heterocycles. The summed E-state index contributed by atoms with van der Waals surface area (Å²) in [6.45, 7) is 10.4. The van der Waals surface area contributed by atoms with Crippen LogP contribution < -0.4 is 10.1 Å². The maximum atomic E-state index is 12.0. The van der Waals surface area contributed by atoms with E-state index in [2.05, 4.69) is 18.3 Å². The van der Waals surface area contributed by atoms with Crippen molar-refractivity contribution < 1.29 is 14.3 Å². The van der Waals surface area contributed by atoms with E-state index in [1.807, 2.05) is 39.8 Å². The second kappa shape index (κ2) is 7.46. The summed E-state index contributed by atoms with van der Waals surface area (Å²) < 4.78 is 10.7. The summed E-state index contributed by atoms with van der Waals surface area (Å²) in [5.41, 5.74) is 1.58. The predicted octanol–water partition coefficient (Wildman–Crippen LogP) is 3.00. The van der Waals surface area contributed by atoms with Gasteiger partial charge in [0.15, 0.2) is 0 Å². The standard InChI is InChI=1S/C17H27NO3/c1-12(2)18-17(5,16(19)20-6)9-10-21-15-8-7-13(3)11-14(15)4/h7-8,11-12,18H,9-10H2,1-6H3. The fraction of sp³-hybridized carbons (Fsp3) is 0.588. The highest BCUT2D eigenvalue weighted by Gasteiger charge is 2.34. The number of aryl methyl sites for hydroxylation is 2. The summed E-state index contributed by atoms with van der Waals surface area (Å²) >= 11 is 0. The molecule has 0 aliphatic heterocycles. The first-order chi connectivity index (χ1) is 9.78. The van der Waals surface area contributed by atoms with E-state index in [1.54, 1.807) is 0 Å². The molecular formula is C17H27NO3. The summed E-state index contributed by atoms with van der Waals surface area (Å²) in [7, 11) is 1.41. The first kappa shape index (κ1) is 17.5. The molecule has 21 heavy (non-hydrogen) atoms. The maximum Gasteiger partial charge on any atom is 0.325 e. The van der Waals surface area contributed by atoms with Crippen LogP contribution in [0.2, 0.25) is 0 Å². The Morgan fingerprint density at radius 3 is 2.52 bits per heavy atom. The van der Waals surface area contributed by atoms with Crippen molar-refractivity contribution in [2.75, 3.05) is 13.7 Å². The number of carbonyl (C=O) groups excluding carboxylic acids is 1. The van der Waals surface area contributed by atoms with Crippen molar-refractivity contribution in [2.45, 2.75) is 52.6 Å². The van der Waals surface area contributed by atoms with Gasteiger partial charge in [-0.25, -0.2) is 0 Å². The molecule has 0 radical (unpaired) electrons. The molecule has 1 rings (SSSR count). The van der Waals surface area contributed by atoms with Crippen LogP contribution in [0.5, 0.6) is 5.75 Å². The van der Waals surface area contributed by atoms with Crippen LogP contribution in [0, 0.1) is 13.8 Å². The van der Waals surface area contributed by atoms with E-state index in [0.29, 0.717) is 13.0 Å². The molecule has 0 saturated carbocycles. The highest BCUT2D eigenvalue weighted by molar-refractivity contribution is 5.80. The summed E-state index contributed by atoms with van der Waals surface area (Å²) in [6, 6.07) is 6.26. The van der Waals surface area contributed by atoms with Crippen LogP contribution in [0.1, 0.15) is 38.3 Å². The van der Waals surface area contributed by atoms with Gasteiger partial charge in [-0.05, 0) is 46.2 Å². The molecule has 1 aromatic rings. The number of rotatable bonds is 7. The lowest BCUT2D eigenvalue weighted by Gasteiger charge is -2.30. The Kier molecular flexibility index (Phi) is 6.21. The second-order valence-electron chi connectivity index (χ2n) is 5.99. The zero-order valence-corrected chi connectivity index (χ0v) is 13.9. The minimum Gasteiger partial charge on any atom is -0.493 e. The molecule has 1 N–H and O–H groups in total. The van der Waals surface area contributed by atoms with Gasteiger partial charge >= 0.3 is 5.97 Å². The molecule has 0 spiro atoms. The van der Waals surface area contributed by atoms with Crippen LogP contribution in [0.15, 0.2) is 18.2 Å². The fourth-order valence-corrected chi connectivity index (χ4v) is 2.42. The minimum absolute atomic E-state index is 0.190. The van der Waals surface area contributed by atoms with Gasteiger partial charge in [-0.2, -0.15) is 0 Å². The average molecular weight is 293 g/mol. The Labute approximate surface area is 127 Å². The lowest BCUT2D eigenvalue weighted by Crippen LogP contribution is -2.53. The predicted molar refractivity (Wildman–Crippen MR) is 84.7 cm³/mol. The summed E-state index contributed by atoms with van der Waals surface area (Å²) in [5, 5.41) is 3.26. The largest absolute Gasteiger partial charge is 0.493 e. The number of ether oxygens (including phenoxy) is 2. The van der Waals surface area contributed by atoms with Crippen molar-refractivity contribution in [2.24, 2.45) is 0 Å². The second-order valence-corrected chi connectivity index (χ2v) is 5.99. The molecule has 0 aliphatic carbocycles. The molecule has 4 heteroatoms. The van der Waals surface area contributed by atoms with Crippen molar-refractivity contribution in [1.82, 2.24) is 5.32 Å². The third-order valence-electron chi connectivity index (χ3n) is 3.43. The van der Waals surface area contributed by atoms with Crippen molar-refractivity contribution in [1.29, 1.82) is 0 Å². The Morgan fingerprint density at radius 2 is 2.00 bits per heavy atom. The molecule has 118 valence electrons. The van der Waals surface area contributed by atoms with E-state index in [0.717, 1.165) is 11.3 Å². The molecule has 1 atom stereocenters. The van der Waals surface area contributed by atoms with Gasteiger partial charge in [-0.3, -0.25) is 10.1 Å². The van der Waals surface area contributed by atoms with Crippen LogP contribution in [0.3, 0.4) is 0 Å². The van der Waals surface area contributed by atoms with Crippen molar-refractivity contribution in [3.05, 3.63) is 29.3 Å². The van der Waals surface area contributed by atoms with Crippen molar-refractivity contribution >= 4 is 5.97 Å². The monoisotopic (exact) mass is 293 g/mol. The van der Waals surface area contributed by atoms with Gasteiger partial charge in [0.05, 0.1) is 13.7 Å². The van der Waals surface area contributed by atoms with E-state index in [1.165, 1.54) is 12.7 Å². The third kappa shape index (κ3) is 5.05. The van der Waals surface area contributed by atoms with Gasteiger partial charge in [0.25, 0.3) is 0 Å². The van der Waals surface area contributed by atoms with Gasteiger partial charge in [-0.15, -0.1) is 0 Å². The lowest BCUT2D eigenvalue weighted by molar-refractivity contribution is -0.148. The molecule has 1 aromatic carbocycles. The van der Waals surface area contributed by atoms with Gasteiger partial charge in [0.2, 0.25) is 0 Å². The van der Waals surface area contributed by atoms with Crippen molar-refractivity contribution in [3.63, 3.8) is 0 Å². The number of carbonyl (C=O) groups is 1. The van der Waals surface area contributed by atoms with Crippen molar-refractivity contribution in [3.8, 4) is 5.75 Å². The molecular weight excluding hydrogens is 266 g/mol. The van der Waals surface area contributed by atoms with Crippen LogP contribution in [0.4, 0.5) is 0 Å². The molecule has 4 nitrogen and oxygen atoms in total. The number of esters is 1. The zero-order valence-electron chi connectivity index (χ0n) is 13.9. The molecule has 0 fully saturated rings. The topological polar surface area (TPSA) is 47.6 Å². The van der Waals surface area contributed by atoms with E-state index in [4.69, 9.17) is 9.47 Å². The average Bonchev–Trinajstić information content (AvgIpc) is 2.39. The molecule has 0 bridgehead atoms. The number of hydrogen-bond acceptors (Lipinski definition) is 4. The van der Waals surface area contributed by atoms with E-state index < -0.39 is 5.54 Å². The Morgan fingerprint density at radius 1 is 1.33 bits per heavy atom. The first-order valence-corrected chi connectivity index (χ1v) is 7.34. The van der Waals surface area contributed by atoms with Gasteiger partial charge in [0.1, 0.15) is 11.3 Å². The normalized spacial score (nSPS) is 13.9. The Balaban J connectivity index is 2.67. The van der Waals surface area contributed by atoms with E-state index in [-0.39, 0.29) is 12.0 Å². The molecule has 1 unspecified atom stereocenters. The summed E-state index contributed by atoms with van der Waals surface area (Å²) in [4.78, 5) is 12.0. The zero-order chi connectivity index (χ0) is 16.0. The highest BCUT2D eigenvalue weighted by atomic mass is 16.5.